The lowest BCUT2D eigenvalue weighted by Gasteiger charge is -2.37. The van der Waals surface area contributed by atoms with Gasteiger partial charge in [0.2, 0.25) is 0 Å². The zero-order valence-electron chi connectivity index (χ0n) is 12.3. The van der Waals surface area contributed by atoms with Crippen molar-refractivity contribution >= 4 is 27.3 Å². The van der Waals surface area contributed by atoms with Crippen LogP contribution in [0, 0.1) is 16.0 Å². The van der Waals surface area contributed by atoms with E-state index in [9.17, 15) is 10.1 Å². The van der Waals surface area contributed by atoms with Crippen LogP contribution in [0.2, 0.25) is 0 Å². The summed E-state index contributed by atoms with van der Waals surface area (Å²) in [5, 5.41) is 15.0. The van der Waals surface area contributed by atoms with Crippen LogP contribution in [0.15, 0.2) is 59.1 Å². The summed E-state index contributed by atoms with van der Waals surface area (Å²) in [6, 6.07) is 13.2. The molecule has 0 fully saturated rings. The van der Waals surface area contributed by atoms with Crippen molar-refractivity contribution in [3.05, 3.63) is 80.3 Å². The Morgan fingerprint density at radius 2 is 1.91 bits per heavy atom. The SMILES string of the molecule is O=[N+]([O-])c1ccccc1[C@H]1Nc2c(Br)cccc2C2C=CCC21. The van der Waals surface area contributed by atoms with Gasteiger partial charge < -0.3 is 5.32 Å². The number of nitro groups is 1. The molecule has 1 aliphatic carbocycles. The maximum absolute atomic E-state index is 11.4. The second-order valence-corrected chi connectivity index (χ2v) is 6.85. The molecule has 2 aromatic carbocycles. The molecule has 116 valence electrons. The fraction of sp³-hybridized carbons (Fsp3) is 0.222. The van der Waals surface area contributed by atoms with E-state index in [1.165, 1.54) is 5.56 Å². The number of nitro benzene ring substituents is 1. The molecule has 0 spiro atoms. The Morgan fingerprint density at radius 1 is 1.13 bits per heavy atom. The quantitative estimate of drug-likeness (QED) is 0.449. The van der Waals surface area contributed by atoms with Gasteiger partial charge in [-0.15, -0.1) is 0 Å². The fourth-order valence-electron chi connectivity index (χ4n) is 3.81. The van der Waals surface area contributed by atoms with E-state index < -0.39 is 0 Å². The number of benzene rings is 2. The van der Waals surface area contributed by atoms with Gasteiger partial charge in [0, 0.05) is 16.5 Å². The highest BCUT2D eigenvalue weighted by Crippen LogP contribution is 2.52. The molecule has 23 heavy (non-hydrogen) atoms. The second-order valence-electron chi connectivity index (χ2n) is 6.00. The van der Waals surface area contributed by atoms with Gasteiger partial charge in [-0.05, 0) is 39.9 Å². The molecule has 0 saturated carbocycles. The first-order chi connectivity index (χ1) is 11.2. The van der Waals surface area contributed by atoms with E-state index in [1.807, 2.05) is 24.3 Å². The first-order valence-electron chi connectivity index (χ1n) is 7.61. The van der Waals surface area contributed by atoms with Gasteiger partial charge in [0.1, 0.15) is 0 Å². The molecule has 1 N–H and O–H groups in total. The molecule has 2 aromatic rings. The van der Waals surface area contributed by atoms with Crippen molar-refractivity contribution in [2.45, 2.75) is 18.4 Å². The van der Waals surface area contributed by atoms with Crippen molar-refractivity contribution in [3.8, 4) is 0 Å². The Kier molecular flexibility index (Phi) is 3.45. The highest BCUT2D eigenvalue weighted by Gasteiger charge is 2.40. The zero-order valence-corrected chi connectivity index (χ0v) is 13.9. The topological polar surface area (TPSA) is 55.2 Å². The van der Waals surface area contributed by atoms with Crippen LogP contribution in [0.5, 0.6) is 0 Å². The summed E-state index contributed by atoms with van der Waals surface area (Å²) >= 11 is 3.61. The van der Waals surface area contributed by atoms with E-state index in [0.717, 1.165) is 22.1 Å². The highest BCUT2D eigenvalue weighted by atomic mass is 79.9. The van der Waals surface area contributed by atoms with Crippen molar-refractivity contribution in [3.63, 3.8) is 0 Å². The van der Waals surface area contributed by atoms with Crippen molar-refractivity contribution in [1.29, 1.82) is 0 Å². The van der Waals surface area contributed by atoms with Gasteiger partial charge in [0.25, 0.3) is 5.69 Å². The van der Waals surface area contributed by atoms with Crippen molar-refractivity contribution in [2.24, 2.45) is 5.92 Å². The minimum Gasteiger partial charge on any atom is -0.376 e. The van der Waals surface area contributed by atoms with E-state index in [-0.39, 0.29) is 16.7 Å². The largest absolute Gasteiger partial charge is 0.376 e. The molecular weight excluding hydrogens is 356 g/mol. The summed E-state index contributed by atoms with van der Waals surface area (Å²) in [6.07, 6.45) is 5.35. The van der Waals surface area contributed by atoms with Crippen molar-refractivity contribution < 1.29 is 4.92 Å². The number of nitrogens with one attached hydrogen (secondary N) is 1. The van der Waals surface area contributed by atoms with E-state index in [1.54, 1.807) is 12.1 Å². The Bertz CT molecular complexity index is 818. The first kappa shape index (κ1) is 14.5. The van der Waals surface area contributed by atoms with Gasteiger partial charge in [-0.25, -0.2) is 0 Å². The number of fused-ring (bicyclic) bond motifs is 3. The molecule has 0 amide bonds. The van der Waals surface area contributed by atoms with Crippen LogP contribution in [0.3, 0.4) is 0 Å². The number of hydrogen-bond acceptors (Lipinski definition) is 3. The minimum atomic E-state index is -0.288. The number of allylic oxidation sites excluding steroid dienone is 2. The summed E-state index contributed by atoms with van der Waals surface area (Å²) in [5.74, 6) is 0.603. The molecular formula is C18H15BrN2O2. The highest BCUT2D eigenvalue weighted by molar-refractivity contribution is 9.10. The molecule has 0 bridgehead atoms. The first-order valence-corrected chi connectivity index (χ1v) is 8.41. The van der Waals surface area contributed by atoms with Gasteiger partial charge in [0.15, 0.2) is 0 Å². The Hall–Kier alpha value is -2.14. The van der Waals surface area contributed by atoms with E-state index in [4.69, 9.17) is 0 Å². The van der Waals surface area contributed by atoms with Crippen LogP contribution >= 0.6 is 15.9 Å². The van der Waals surface area contributed by atoms with Crippen LogP contribution in [0.1, 0.15) is 29.5 Å². The third kappa shape index (κ3) is 2.27. The summed E-state index contributed by atoms with van der Waals surface area (Å²) in [5.41, 5.74) is 3.25. The normalized spacial score (nSPS) is 24.7. The Morgan fingerprint density at radius 3 is 2.74 bits per heavy atom. The lowest BCUT2D eigenvalue weighted by molar-refractivity contribution is -0.385. The van der Waals surface area contributed by atoms with Gasteiger partial charge >= 0.3 is 0 Å². The van der Waals surface area contributed by atoms with Crippen LogP contribution in [-0.4, -0.2) is 4.92 Å². The molecule has 1 heterocycles. The summed E-state index contributed by atoms with van der Waals surface area (Å²) in [4.78, 5) is 11.1. The Balaban J connectivity index is 1.86. The van der Waals surface area contributed by atoms with Gasteiger partial charge in [0.05, 0.1) is 22.2 Å². The minimum absolute atomic E-state index is 0.0669. The summed E-state index contributed by atoms with van der Waals surface area (Å²) in [6.45, 7) is 0. The molecule has 3 atom stereocenters. The molecule has 5 heteroatoms. The van der Waals surface area contributed by atoms with E-state index >= 15 is 0 Å². The lowest BCUT2D eigenvalue weighted by Crippen LogP contribution is -2.29. The van der Waals surface area contributed by atoms with Gasteiger partial charge in [-0.2, -0.15) is 0 Å². The summed E-state index contributed by atoms with van der Waals surface area (Å²) in [7, 11) is 0. The lowest BCUT2D eigenvalue weighted by atomic mass is 9.77. The van der Waals surface area contributed by atoms with Crippen molar-refractivity contribution in [1.82, 2.24) is 0 Å². The third-order valence-corrected chi connectivity index (χ3v) is 5.48. The van der Waals surface area contributed by atoms with Gasteiger partial charge in [-0.1, -0.05) is 42.5 Å². The second kappa shape index (κ2) is 5.49. The monoisotopic (exact) mass is 370 g/mol. The molecule has 2 aliphatic rings. The summed E-state index contributed by atoms with van der Waals surface area (Å²) < 4.78 is 0.998. The van der Waals surface area contributed by atoms with Crippen molar-refractivity contribution in [2.75, 3.05) is 5.32 Å². The fourth-order valence-corrected chi connectivity index (χ4v) is 4.30. The van der Waals surface area contributed by atoms with Gasteiger partial charge in [-0.3, -0.25) is 10.1 Å². The van der Waals surface area contributed by atoms with E-state index in [0.29, 0.717) is 11.8 Å². The number of hydrogen-bond donors (Lipinski definition) is 1. The predicted molar refractivity (Wildman–Crippen MR) is 93.6 cm³/mol. The smallest absolute Gasteiger partial charge is 0.274 e. The zero-order chi connectivity index (χ0) is 16.0. The molecule has 4 rings (SSSR count). The average Bonchev–Trinajstić information content (AvgIpc) is 3.04. The van der Waals surface area contributed by atoms with E-state index in [2.05, 4.69) is 39.5 Å². The number of halogens is 1. The van der Waals surface area contributed by atoms with Crippen LogP contribution in [0.4, 0.5) is 11.4 Å². The average molecular weight is 371 g/mol. The molecule has 0 saturated heterocycles. The third-order valence-electron chi connectivity index (χ3n) is 4.81. The number of anilines is 1. The Labute approximate surface area is 142 Å². The standard InChI is InChI=1S/C18H15BrN2O2/c19-15-9-4-8-13-11-6-3-7-12(11)17(20-18(13)15)14-5-1-2-10-16(14)21(22)23/h1-6,8-12,17,20H,7H2/t11?,12?,17-/m0/s1. The molecule has 1 aliphatic heterocycles. The molecule has 0 radical (unpaired) electrons. The molecule has 0 aromatic heterocycles. The predicted octanol–water partition coefficient (Wildman–Crippen LogP) is 5.18. The maximum atomic E-state index is 11.4. The number of rotatable bonds is 2. The molecule has 4 nitrogen and oxygen atoms in total. The maximum Gasteiger partial charge on any atom is 0.274 e. The number of nitrogens with zero attached hydrogens (tertiary/aromatic N) is 1. The van der Waals surface area contributed by atoms with Crippen LogP contribution in [-0.2, 0) is 0 Å². The number of para-hydroxylation sites is 2. The molecule has 2 unspecified atom stereocenters. The van der Waals surface area contributed by atoms with Crippen LogP contribution < -0.4 is 5.32 Å². The van der Waals surface area contributed by atoms with Crippen LogP contribution in [0.25, 0.3) is 0 Å².